The first kappa shape index (κ1) is 12.3. The highest BCUT2D eigenvalue weighted by Gasteiger charge is 2.10. The molecule has 1 unspecified atom stereocenters. The maximum absolute atomic E-state index is 5.59. The Bertz CT molecular complexity index is 425. The molecule has 5 heteroatoms. The van der Waals surface area contributed by atoms with E-state index in [0.717, 1.165) is 12.8 Å². The third-order valence-corrected chi connectivity index (χ3v) is 4.75. The van der Waals surface area contributed by atoms with E-state index in [4.69, 9.17) is 5.84 Å². The molecule has 0 amide bonds. The van der Waals surface area contributed by atoms with Gasteiger partial charge in [0, 0.05) is 10.9 Å². The summed E-state index contributed by atoms with van der Waals surface area (Å²) >= 11 is 6.97. The van der Waals surface area contributed by atoms with Crippen LogP contribution in [0.3, 0.4) is 0 Å². The van der Waals surface area contributed by atoms with Gasteiger partial charge in [0.05, 0.1) is 3.79 Å². The lowest BCUT2D eigenvalue weighted by molar-refractivity contribution is 0.526. The molecule has 2 rings (SSSR count). The third-order valence-electron chi connectivity index (χ3n) is 2.37. The second-order valence-electron chi connectivity index (χ2n) is 3.61. The molecule has 0 aliphatic rings. The largest absolute Gasteiger partial charge is 0.271 e. The predicted octanol–water partition coefficient (Wildman–Crippen LogP) is 3.19. The van der Waals surface area contributed by atoms with Crippen molar-refractivity contribution in [1.29, 1.82) is 0 Å². The Morgan fingerprint density at radius 1 is 1.31 bits per heavy atom. The highest BCUT2D eigenvalue weighted by Crippen LogP contribution is 2.23. The van der Waals surface area contributed by atoms with E-state index in [-0.39, 0.29) is 0 Å². The summed E-state index contributed by atoms with van der Waals surface area (Å²) in [6.07, 6.45) is 1.96. The Morgan fingerprint density at radius 3 is 2.75 bits per heavy atom. The zero-order valence-electron chi connectivity index (χ0n) is 8.65. The van der Waals surface area contributed by atoms with E-state index >= 15 is 0 Å². The molecule has 16 heavy (non-hydrogen) atoms. The zero-order chi connectivity index (χ0) is 11.4. The summed E-state index contributed by atoms with van der Waals surface area (Å²) in [5, 5.41) is 4.28. The Balaban J connectivity index is 1.95. The molecule has 0 saturated heterocycles. The minimum absolute atomic E-state index is 0.306. The van der Waals surface area contributed by atoms with Gasteiger partial charge in [0.25, 0.3) is 0 Å². The number of hydrogen-bond donors (Lipinski definition) is 2. The number of hydrazine groups is 1. The monoisotopic (exact) mass is 316 g/mol. The van der Waals surface area contributed by atoms with E-state index in [2.05, 4.69) is 50.3 Å². The molecule has 1 atom stereocenters. The minimum Gasteiger partial charge on any atom is -0.271 e. The van der Waals surface area contributed by atoms with Crippen molar-refractivity contribution in [1.82, 2.24) is 5.43 Å². The van der Waals surface area contributed by atoms with Crippen molar-refractivity contribution in [2.75, 3.05) is 0 Å². The van der Waals surface area contributed by atoms with Crippen molar-refractivity contribution < 1.29 is 0 Å². The number of nitrogens with two attached hydrogens (primary N) is 1. The third kappa shape index (κ3) is 3.40. The van der Waals surface area contributed by atoms with E-state index in [1.807, 2.05) is 0 Å². The van der Waals surface area contributed by atoms with Gasteiger partial charge >= 0.3 is 0 Å². The summed E-state index contributed by atoms with van der Waals surface area (Å²) in [6.45, 7) is 0. The van der Waals surface area contributed by atoms with E-state index in [9.17, 15) is 0 Å². The SMILES string of the molecule is NNC(Cc1ccsc1)Cc1ccc(Br)s1. The predicted molar refractivity (Wildman–Crippen MR) is 74.9 cm³/mol. The zero-order valence-corrected chi connectivity index (χ0v) is 11.9. The fraction of sp³-hybridized carbons (Fsp3) is 0.273. The van der Waals surface area contributed by atoms with Crippen molar-refractivity contribution in [3.05, 3.63) is 43.2 Å². The highest BCUT2D eigenvalue weighted by molar-refractivity contribution is 9.11. The molecule has 0 saturated carbocycles. The van der Waals surface area contributed by atoms with Crippen LogP contribution in [0.4, 0.5) is 0 Å². The molecular formula is C11H13BrN2S2. The minimum atomic E-state index is 0.306. The lowest BCUT2D eigenvalue weighted by Gasteiger charge is -2.13. The Labute approximate surface area is 112 Å². The normalized spacial score (nSPS) is 12.9. The van der Waals surface area contributed by atoms with Crippen LogP contribution in [0.1, 0.15) is 10.4 Å². The summed E-state index contributed by atoms with van der Waals surface area (Å²) in [5.74, 6) is 5.59. The lowest BCUT2D eigenvalue weighted by Crippen LogP contribution is -2.38. The second-order valence-corrected chi connectivity index (χ2v) is 6.94. The molecule has 0 radical (unpaired) electrons. The van der Waals surface area contributed by atoms with Gasteiger partial charge in [-0.2, -0.15) is 11.3 Å². The molecule has 0 fully saturated rings. The van der Waals surface area contributed by atoms with Crippen molar-refractivity contribution >= 4 is 38.6 Å². The molecule has 3 N–H and O–H groups in total. The number of hydrogen-bond acceptors (Lipinski definition) is 4. The van der Waals surface area contributed by atoms with Gasteiger partial charge in [-0.25, -0.2) is 0 Å². The molecule has 2 aromatic heterocycles. The number of thiophene rings is 2. The van der Waals surface area contributed by atoms with Crippen LogP contribution in [-0.2, 0) is 12.8 Å². The van der Waals surface area contributed by atoms with Crippen LogP contribution >= 0.6 is 38.6 Å². The summed E-state index contributed by atoms with van der Waals surface area (Å²) < 4.78 is 1.17. The quantitative estimate of drug-likeness (QED) is 0.656. The van der Waals surface area contributed by atoms with Gasteiger partial charge in [0.1, 0.15) is 0 Å². The van der Waals surface area contributed by atoms with Crippen LogP contribution in [0, 0.1) is 0 Å². The smallest absolute Gasteiger partial charge is 0.0701 e. The van der Waals surface area contributed by atoms with Gasteiger partial charge in [-0.3, -0.25) is 11.3 Å². The fourth-order valence-corrected chi connectivity index (χ4v) is 3.83. The molecule has 0 spiro atoms. The van der Waals surface area contributed by atoms with E-state index in [1.54, 1.807) is 22.7 Å². The van der Waals surface area contributed by atoms with Crippen molar-refractivity contribution in [3.63, 3.8) is 0 Å². The molecule has 0 aliphatic heterocycles. The highest BCUT2D eigenvalue weighted by atomic mass is 79.9. The summed E-state index contributed by atoms with van der Waals surface area (Å²) in [4.78, 5) is 1.35. The van der Waals surface area contributed by atoms with Crippen LogP contribution in [0.25, 0.3) is 0 Å². The standard InChI is InChI=1S/C11H13BrN2S2/c12-11-2-1-10(16-11)6-9(14-13)5-8-3-4-15-7-8/h1-4,7,9,14H,5-6,13H2. The molecule has 86 valence electrons. The Kier molecular flexibility index (Phi) is 4.55. The summed E-state index contributed by atoms with van der Waals surface area (Å²) in [6, 6.07) is 6.68. The first-order chi connectivity index (χ1) is 7.78. The van der Waals surface area contributed by atoms with Crippen molar-refractivity contribution in [2.24, 2.45) is 5.84 Å². The maximum Gasteiger partial charge on any atom is 0.0701 e. The van der Waals surface area contributed by atoms with Gasteiger partial charge in [-0.15, -0.1) is 11.3 Å². The molecular weight excluding hydrogens is 304 g/mol. The van der Waals surface area contributed by atoms with Gasteiger partial charge in [-0.1, -0.05) is 0 Å². The van der Waals surface area contributed by atoms with E-state index < -0.39 is 0 Å². The first-order valence-corrected chi connectivity index (χ1v) is 7.54. The molecule has 0 bridgehead atoms. The number of rotatable bonds is 5. The maximum atomic E-state index is 5.59. The molecule has 0 aliphatic carbocycles. The van der Waals surface area contributed by atoms with Crippen LogP contribution in [0.2, 0.25) is 0 Å². The van der Waals surface area contributed by atoms with Crippen LogP contribution in [0.5, 0.6) is 0 Å². The summed E-state index contributed by atoms with van der Waals surface area (Å²) in [7, 11) is 0. The van der Waals surface area contributed by atoms with Gasteiger partial charge in [0.2, 0.25) is 0 Å². The lowest BCUT2D eigenvalue weighted by atomic mass is 10.1. The molecule has 2 nitrogen and oxygen atoms in total. The van der Waals surface area contributed by atoms with E-state index in [1.165, 1.54) is 14.2 Å². The van der Waals surface area contributed by atoms with Crippen molar-refractivity contribution in [3.8, 4) is 0 Å². The van der Waals surface area contributed by atoms with E-state index in [0.29, 0.717) is 6.04 Å². The van der Waals surface area contributed by atoms with Gasteiger partial charge in [-0.05, 0) is 63.3 Å². The molecule has 2 heterocycles. The first-order valence-electron chi connectivity index (χ1n) is 4.99. The average molecular weight is 317 g/mol. The summed E-state index contributed by atoms with van der Waals surface area (Å²) in [5.41, 5.74) is 4.24. The molecule has 2 aromatic rings. The van der Waals surface area contributed by atoms with Gasteiger partial charge in [0.15, 0.2) is 0 Å². The Morgan fingerprint density at radius 2 is 2.19 bits per heavy atom. The topological polar surface area (TPSA) is 38.0 Å². The van der Waals surface area contributed by atoms with Crippen LogP contribution in [-0.4, -0.2) is 6.04 Å². The van der Waals surface area contributed by atoms with Crippen LogP contribution < -0.4 is 11.3 Å². The fourth-order valence-electron chi connectivity index (χ4n) is 1.59. The Hall–Kier alpha value is -0.200. The molecule has 0 aromatic carbocycles. The van der Waals surface area contributed by atoms with Gasteiger partial charge < -0.3 is 0 Å². The average Bonchev–Trinajstić information content (AvgIpc) is 2.89. The number of halogens is 1. The van der Waals surface area contributed by atoms with Crippen molar-refractivity contribution in [2.45, 2.75) is 18.9 Å². The number of nitrogens with one attached hydrogen (secondary N) is 1. The second kappa shape index (κ2) is 5.93. The van der Waals surface area contributed by atoms with Crippen LogP contribution in [0.15, 0.2) is 32.7 Å².